The summed E-state index contributed by atoms with van der Waals surface area (Å²) < 4.78 is 12.5. The molecule has 0 N–H and O–H groups in total. The van der Waals surface area contributed by atoms with Crippen LogP contribution in [-0.2, 0) is 11.3 Å². The van der Waals surface area contributed by atoms with Crippen LogP contribution in [0.25, 0.3) is 0 Å². The maximum atomic E-state index is 11.4. The molecule has 0 unspecified atom stereocenters. The molecule has 1 rings (SSSR count). The van der Waals surface area contributed by atoms with E-state index in [1.54, 1.807) is 0 Å². The van der Waals surface area contributed by atoms with E-state index in [0.717, 1.165) is 4.49 Å². The predicted octanol–water partition coefficient (Wildman–Crippen LogP) is 3.22. The normalized spacial score (nSPS) is 11.4. The highest BCUT2D eigenvalue weighted by Crippen LogP contribution is 2.21. The van der Waals surface area contributed by atoms with Crippen LogP contribution >= 0.6 is 0 Å². The standard InChI is InChI=1S/C13H20OSSi/c1-9-7-10(2)12(11(3)8-9)13(15-14)16(4,5)6/h7-8H,1-6H3. The van der Waals surface area contributed by atoms with Crippen LogP contribution in [0, 0.1) is 20.8 Å². The number of aryl methyl sites for hydroxylation is 3. The van der Waals surface area contributed by atoms with Crippen molar-refractivity contribution in [3.05, 3.63) is 34.4 Å². The number of rotatable bonds is 2. The van der Waals surface area contributed by atoms with E-state index in [2.05, 4.69) is 52.5 Å². The van der Waals surface area contributed by atoms with Gasteiger partial charge in [-0.2, -0.15) is 0 Å². The van der Waals surface area contributed by atoms with Crippen molar-refractivity contribution < 1.29 is 4.21 Å². The van der Waals surface area contributed by atoms with Gasteiger partial charge in [0.1, 0.15) is 0 Å². The zero-order chi connectivity index (χ0) is 12.5. The van der Waals surface area contributed by atoms with Crippen molar-refractivity contribution in [1.82, 2.24) is 0 Å². The van der Waals surface area contributed by atoms with Crippen molar-refractivity contribution in [2.24, 2.45) is 0 Å². The minimum Gasteiger partial charge on any atom is -0.212 e. The van der Waals surface area contributed by atoms with Crippen LogP contribution < -0.4 is 0 Å². The zero-order valence-corrected chi connectivity index (χ0v) is 12.8. The molecule has 0 saturated carbocycles. The highest BCUT2D eigenvalue weighted by molar-refractivity contribution is 7.73. The summed E-state index contributed by atoms with van der Waals surface area (Å²) in [6, 6.07) is 4.33. The summed E-state index contributed by atoms with van der Waals surface area (Å²) >= 11 is 0.693. The van der Waals surface area contributed by atoms with Crippen LogP contribution in [0.1, 0.15) is 22.3 Å². The van der Waals surface area contributed by atoms with Crippen LogP contribution in [0.15, 0.2) is 12.1 Å². The molecule has 1 aromatic rings. The number of hydrogen-bond donors (Lipinski definition) is 0. The van der Waals surface area contributed by atoms with E-state index in [9.17, 15) is 4.21 Å². The molecule has 0 aliphatic heterocycles. The molecule has 0 saturated heterocycles. The van der Waals surface area contributed by atoms with Crippen molar-refractivity contribution in [2.45, 2.75) is 40.4 Å². The molecule has 0 atom stereocenters. The first-order valence-electron chi connectivity index (χ1n) is 5.53. The van der Waals surface area contributed by atoms with Gasteiger partial charge >= 0.3 is 0 Å². The Hall–Kier alpha value is -0.673. The molecule has 1 aromatic carbocycles. The van der Waals surface area contributed by atoms with Crippen molar-refractivity contribution in [2.75, 3.05) is 0 Å². The molecule has 0 radical (unpaired) electrons. The molecule has 0 aliphatic rings. The van der Waals surface area contributed by atoms with E-state index in [1.165, 1.54) is 22.3 Å². The molecule has 0 amide bonds. The van der Waals surface area contributed by atoms with E-state index in [0.29, 0.717) is 11.3 Å². The molecule has 88 valence electrons. The van der Waals surface area contributed by atoms with Crippen molar-refractivity contribution in [1.29, 1.82) is 0 Å². The lowest BCUT2D eigenvalue weighted by molar-refractivity contribution is 0.701. The van der Waals surface area contributed by atoms with Gasteiger partial charge < -0.3 is 0 Å². The minimum atomic E-state index is -1.54. The fourth-order valence-electron chi connectivity index (χ4n) is 2.08. The third kappa shape index (κ3) is 2.71. The van der Waals surface area contributed by atoms with E-state index in [1.807, 2.05) is 0 Å². The molecule has 0 aliphatic carbocycles. The Morgan fingerprint density at radius 2 is 1.50 bits per heavy atom. The zero-order valence-electron chi connectivity index (χ0n) is 11.0. The average Bonchev–Trinajstić information content (AvgIpc) is 2.08. The van der Waals surface area contributed by atoms with Gasteiger partial charge in [0, 0.05) is 4.49 Å². The van der Waals surface area contributed by atoms with Crippen LogP contribution in [0.3, 0.4) is 0 Å². The monoisotopic (exact) mass is 252 g/mol. The van der Waals surface area contributed by atoms with E-state index >= 15 is 0 Å². The maximum absolute atomic E-state index is 11.4. The lowest BCUT2D eigenvalue weighted by atomic mass is 10.0. The van der Waals surface area contributed by atoms with Crippen LogP contribution in [0.5, 0.6) is 0 Å². The largest absolute Gasteiger partial charge is 0.212 e. The smallest absolute Gasteiger partial charge is 0.0954 e. The minimum absolute atomic E-state index is 0.693. The Morgan fingerprint density at radius 1 is 1.06 bits per heavy atom. The molecule has 0 bridgehead atoms. The quantitative estimate of drug-likeness (QED) is 0.583. The lowest BCUT2D eigenvalue weighted by Crippen LogP contribution is -2.35. The average molecular weight is 252 g/mol. The second-order valence-corrected chi connectivity index (χ2v) is 11.4. The summed E-state index contributed by atoms with van der Waals surface area (Å²) in [5, 5.41) is 0. The predicted molar refractivity (Wildman–Crippen MR) is 76.3 cm³/mol. The summed E-state index contributed by atoms with van der Waals surface area (Å²) in [6.07, 6.45) is 0. The molecular formula is C13H20OSSi. The summed E-state index contributed by atoms with van der Waals surface area (Å²) in [6.45, 7) is 13.0. The Labute approximate surface area is 103 Å². The molecule has 0 spiro atoms. The van der Waals surface area contributed by atoms with E-state index in [-0.39, 0.29) is 0 Å². The number of hydrogen-bond acceptors (Lipinski definition) is 1. The second-order valence-electron chi connectivity index (χ2n) is 5.44. The van der Waals surface area contributed by atoms with Gasteiger partial charge in [-0.05, 0) is 37.5 Å². The van der Waals surface area contributed by atoms with Crippen LogP contribution in [-0.4, -0.2) is 16.8 Å². The Bertz CT molecular complexity index is 442. The molecule has 1 nitrogen and oxygen atoms in total. The number of benzene rings is 1. The van der Waals surface area contributed by atoms with Gasteiger partial charge in [-0.1, -0.05) is 37.3 Å². The summed E-state index contributed by atoms with van der Waals surface area (Å²) in [5.74, 6) is 0. The summed E-state index contributed by atoms with van der Waals surface area (Å²) in [5.41, 5.74) is 4.94. The van der Waals surface area contributed by atoms with Crippen molar-refractivity contribution >= 4 is 23.8 Å². The van der Waals surface area contributed by atoms with Crippen molar-refractivity contribution in [3.8, 4) is 0 Å². The first-order valence-corrected chi connectivity index (χ1v) is 9.77. The van der Waals surface area contributed by atoms with Crippen molar-refractivity contribution in [3.63, 3.8) is 0 Å². The first-order chi connectivity index (χ1) is 7.27. The van der Waals surface area contributed by atoms with Gasteiger partial charge in [0.05, 0.1) is 19.3 Å². The van der Waals surface area contributed by atoms with E-state index in [4.69, 9.17) is 0 Å². The topological polar surface area (TPSA) is 17.1 Å². The maximum Gasteiger partial charge on any atom is 0.0954 e. The molecule has 16 heavy (non-hydrogen) atoms. The third-order valence-electron chi connectivity index (χ3n) is 2.67. The second kappa shape index (κ2) is 4.68. The fourth-order valence-corrected chi connectivity index (χ4v) is 4.63. The molecular weight excluding hydrogens is 232 g/mol. The van der Waals surface area contributed by atoms with Gasteiger partial charge in [0.15, 0.2) is 0 Å². The van der Waals surface area contributed by atoms with Crippen LogP contribution in [0.4, 0.5) is 0 Å². The molecule has 3 heteroatoms. The lowest BCUT2D eigenvalue weighted by Gasteiger charge is -2.21. The Kier molecular flexibility index (Phi) is 3.91. The molecule has 0 aromatic heterocycles. The molecule has 0 fully saturated rings. The summed E-state index contributed by atoms with van der Waals surface area (Å²) in [4.78, 5) is 0. The van der Waals surface area contributed by atoms with Crippen LogP contribution in [0.2, 0.25) is 19.6 Å². The molecule has 0 heterocycles. The Balaban J connectivity index is 3.51. The Morgan fingerprint density at radius 3 is 1.81 bits per heavy atom. The highest BCUT2D eigenvalue weighted by atomic mass is 32.1. The SMILES string of the molecule is Cc1cc(C)c(C(=S=O)[Si](C)(C)C)c(C)c1. The highest BCUT2D eigenvalue weighted by Gasteiger charge is 2.25. The van der Waals surface area contributed by atoms with Gasteiger partial charge in [-0.25, -0.2) is 4.21 Å². The van der Waals surface area contributed by atoms with Gasteiger partial charge in [0.2, 0.25) is 0 Å². The van der Waals surface area contributed by atoms with Gasteiger partial charge in [-0.3, -0.25) is 0 Å². The van der Waals surface area contributed by atoms with Gasteiger partial charge in [-0.15, -0.1) is 0 Å². The van der Waals surface area contributed by atoms with Gasteiger partial charge in [0.25, 0.3) is 0 Å². The fraction of sp³-hybridized carbons (Fsp3) is 0.462. The van der Waals surface area contributed by atoms with E-state index < -0.39 is 8.07 Å². The first kappa shape index (κ1) is 13.4. The summed E-state index contributed by atoms with van der Waals surface area (Å²) in [7, 11) is -1.54. The third-order valence-corrected chi connectivity index (χ3v) is 6.74.